The summed E-state index contributed by atoms with van der Waals surface area (Å²) in [4.78, 5) is 0. The summed E-state index contributed by atoms with van der Waals surface area (Å²) in [5.41, 5.74) is 0. The molecule has 1 atom stereocenters. The van der Waals surface area contributed by atoms with Gasteiger partial charge in [0.25, 0.3) is 0 Å². The van der Waals surface area contributed by atoms with Crippen molar-refractivity contribution in [1.29, 1.82) is 0 Å². The third kappa shape index (κ3) is 5.66. The second kappa shape index (κ2) is 7.77. The predicted octanol–water partition coefficient (Wildman–Crippen LogP) is 2.39. The smallest absolute Gasteiger partial charge is 0.0263 e. The molecule has 1 fully saturated rings. The predicted molar refractivity (Wildman–Crippen MR) is 65.9 cm³/mol. The maximum Gasteiger partial charge on any atom is 0.0263 e. The number of hydrogen-bond donors (Lipinski definition) is 1. The first-order chi connectivity index (χ1) is 6.43. The van der Waals surface area contributed by atoms with Crippen molar-refractivity contribution in [3.8, 4) is 0 Å². The highest BCUT2D eigenvalue weighted by Crippen LogP contribution is 2.23. The van der Waals surface area contributed by atoms with Crippen LogP contribution >= 0.6 is 23.5 Å². The summed E-state index contributed by atoms with van der Waals surface area (Å²) < 4.78 is 0. The Balaban J connectivity index is 1.89. The minimum absolute atomic E-state index is 0.850. The van der Waals surface area contributed by atoms with Crippen molar-refractivity contribution in [2.45, 2.75) is 18.1 Å². The highest BCUT2D eigenvalue weighted by Gasteiger charge is 2.12. The number of unbranched alkanes of at least 4 members (excludes halogenated alkanes) is 1. The highest BCUT2D eigenvalue weighted by molar-refractivity contribution is 8.06. The average molecular weight is 217 g/mol. The van der Waals surface area contributed by atoms with E-state index in [1.165, 1.54) is 30.2 Å². The van der Waals surface area contributed by atoms with Crippen molar-refractivity contribution < 1.29 is 0 Å². The fraction of sp³-hybridized carbons (Fsp3) is 0.800. The Bertz CT molecular complexity index is 133. The summed E-state index contributed by atoms with van der Waals surface area (Å²) in [5, 5.41) is 4.36. The Morgan fingerprint density at radius 3 is 3.08 bits per heavy atom. The second-order valence-corrected chi connectivity index (χ2v) is 5.76. The van der Waals surface area contributed by atoms with E-state index in [2.05, 4.69) is 35.4 Å². The van der Waals surface area contributed by atoms with Crippen LogP contribution in [0.3, 0.4) is 0 Å². The number of rotatable bonds is 6. The van der Waals surface area contributed by atoms with Crippen LogP contribution in [0.5, 0.6) is 0 Å². The van der Waals surface area contributed by atoms with Gasteiger partial charge in [-0.15, -0.1) is 6.58 Å². The zero-order valence-corrected chi connectivity index (χ0v) is 9.76. The van der Waals surface area contributed by atoms with Crippen molar-refractivity contribution in [3.63, 3.8) is 0 Å². The molecule has 1 N–H and O–H groups in total. The molecule has 1 unspecified atom stereocenters. The van der Waals surface area contributed by atoms with Crippen molar-refractivity contribution >= 4 is 23.5 Å². The molecule has 3 heteroatoms. The Labute approximate surface area is 90.1 Å². The van der Waals surface area contributed by atoms with E-state index in [-0.39, 0.29) is 0 Å². The van der Waals surface area contributed by atoms with Gasteiger partial charge in [-0.3, -0.25) is 0 Å². The molecule has 0 saturated carbocycles. The maximum atomic E-state index is 3.71. The van der Waals surface area contributed by atoms with Gasteiger partial charge in [0, 0.05) is 29.1 Å². The van der Waals surface area contributed by atoms with Crippen LogP contribution in [0.25, 0.3) is 0 Å². The first kappa shape index (κ1) is 11.5. The molecular formula is C10H19NS2. The van der Waals surface area contributed by atoms with Crippen molar-refractivity contribution in [2.75, 3.05) is 30.3 Å². The van der Waals surface area contributed by atoms with E-state index in [1.807, 2.05) is 6.08 Å². The third-order valence-corrected chi connectivity index (χ3v) is 4.86. The molecule has 0 aromatic carbocycles. The highest BCUT2D eigenvalue weighted by atomic mass is 32.2. The molecule has 0 radical (unpaired) electrons. The molecule has 76 valence electrons. The molecule has 0 bridgehead atoms. The Kier molecular flexibility index (Phi) is 6.86. The average Bonchev–Trinajstić information content (AvgIpc) is 2.19. The molecule has 1 nitrogen and oxygen atoms in total. The lowest BCUT2D eigenvalue weighted by atomic mass is 10.3. The standard InChI is InChI=1S/C10H19NS2/c1-2-3-4-5-11-8-10-9-12-6-7-13-10/h2,10-11H,1,3-9H2. The molecule has 1 aliphatic heterocycles. The number of nitrogens with one attached hydrogen (secondary N) is 1. The van der Waals surface area contributed by atoms with E-state index in [0.717, 1.165) is 18.2 Å². The van der Waals surface area contributed by atoms with Gasteiger partial charge in [-0.1, -0.05) is 6.08 Å². The lowest BCUT2D eigenvalue weighted by molar-refractivity contribution is 0.653. The van der Waals surface area contributed by atoms with Gasteiger partial charge in [0.1, 0.15) is 0 Å². The van der Waals surface area contributed by atoms with Crippen LogP contribution in [-0.4, -0.2) is 35.6 Å². The Morgan fingerprint density at radius 2 is 2.38 bits per heavy atom. The molecule has 1 heterocycles. The first-order valence-corrected chi connectivity index (χ1v) is 7.15. The summed E-state index contributed by atoms with van der Waals surface area (Å²) in [7, 11) is 0. The summed E-state index contributed by atoms with van der Waals surface area (Å²) in [6.45, 7) is 6.05. The van der Waals surface area contributed by atoms with Crippen LogP contribution < -0.4 is 5.32 Å². The largest absolute Gasteiger partial charge is 0.316 e. The van der Waals surface area contributed by atoms with E-state index in [0.29, 0.717) is 0 Å². The lowest BCUT2D eigenvalue weighted by Gasteiger charge is -2.21. The first-order valence-electron chi connectivity index (χ1n) is 4.94. The van der Waals surface area contributed by atoms with Gasteiger partial charge in [0.2, 0.25) is 0 Å². The quantitative estimate of drug-likeness (QED) is 0.542. The van der Waals surface area contributed by atoms with Gasteiger partial charge in [-0.25, -0.2) is 0 Å². The summed E-state index contributed by atoms with van der Waals surface area (Å²) in [6, 6.07) is 0. The summed E-state index contributed by atoms with van der Waals surface area (Å²) in [6.07, 6.45) is 4.36. The third-order valence-electron chi connectivity index (χ3n) is 2.02. The molecule has 0 aliphatic carbocycles. The molecule has 0 aromatic rings. The van der Waals surface area contributed by atoms with Gasteiger partial charge in [-0.2, -0.15) is 23.5 Å². The fourth-order valence-electron chi connectivity index (χ4n) is 1.29. The van der Waals surface area contributed by atoms with Gasteiger partial charge < -0.3 is 5.32 Å². The van der Waals surface area contributed by atoms with Gasteiger partial charge in [-0.05, 0) is 19.4 Å². The Morgan fingerprint density at radius 1 is 1.46 bits per heavy atom. The van der Waals surface area contributed by atoms with Crippen LogP contribution in [0.15, 0.2) is 12.7 Å². The molecule has 0 aromatic heterocycles. The summed E-state index contributed by atoms with van der Waals surface area (Å²) >= 11 is 4.22. The molecular weight excluding hydrogens is 198 g/mol. The molecule has 0 spiro atoms. The molecule has 0 amide bonds. The zero-order chi connectivity index (χ0) is 9.36. The Hall–Kier alpha value is 0.400. The van der Waals surface area contributed by atoms with Gasteiger partial charge >= 0.3 is 0 Å². The lowest BCUT2D eigenvalue weighted by Crippen LogP contribution is -2.29. The van der Waals surface area contributed by atoms with Crippen LogP contribution in [0.2, 0.25) is 0 Å². The molecule has 1 saturated heterocycles. The van der Waals surface area contributed by atoms with E-state index in [1.54, 1.807) is 0 Å². The van der Waals surface area contributed by atoms with Crippen molar-refractivity contribution in [2.24, 2.45) is 0 Å². The van der Waals surface area contributed by atoms with E-state index in [9.17, 15) is 0 Å². The van der Waals surface area contributed by atoms with Crippen LogP contribution in [-0.2, 0) is 0 Å². The van der Waals surface area contributed by atoms with Crippen LogP contribution in [0.4, 0.5) is 0 Å². The van der Waals surface area contributed by atoms with E-state index >= 15 is 0 Å². The molecule has 1 rings (SSSR count). The molecule has 13 heavy (non-hydrogen) atoms. The van der Waals surface area contributed by atoms with Crippen molar-refractivity contribution in [3.05, 3.63) is 12.7 Å². The van der Waals surface area contributed by atoms with Crippen molar-refractivity contribution in [1.82, 2.24) is 5.32 Å². The number of hydrogen-bond acceptors (Lipinski definition) is 3. The molecule has 1 aliphatic rings. The second-order valence-electron chi connectivity index (χ2n) is 3.20. The fourth-order valence-corrected chi connectivity index (χ4v) is 3.94. The topological polar surface area (TPSA) is 12.0 Å². The SMILES string of the molecule is C=CCCCNCC1CSCCS1. The number of thioether (sulfide) groups is 2. The van der Waals surface area contributed by atoms with Gasteiger partial charge in [0.05, 0.1) is 0 Å². The minimum atomic E-state index is 0.850. The monoisotopic (exact) mass is 217 g/mol. The van der Waals surface area contributed by atoms with Gasteiger partial charge in [0.15, 0.2) is 0 Å². The maximum absolute atomic E-state index is 3.71. The van der Waals surface area contributed by atoms with E-state index < -0.39 is 0 Å². The van der Waals surface area contributed by atoms with Crippen LogP contribution in [0.1, 0.15) is 12.8 Å². The summed E-state index contributed by atoms with van der Waals surface area (Å²) in [5.74, 6) is 4.01. The van der Waals surface area contributed by atoms with Crippen LogP contribution in [0, 0.1) is 0 Å². The normalized spacial score (nSPS) is 22.9. The van der Waals surface area contributed by atoms with E-state index in [4.69, 9.17) is 0 Å². The number of allylic oxidation sites excluding steroid dienone is 1. The minimum Gasteiger partial charge on any atom is -0.316 e. The zero-order valence-electron chi connectivity index (χ0n) is 8.13.